The Morgan fingerprint density at radius 3 is 2.79 bits per heavy atom. The predicted octanol–water partition coefficient (Wildman–Crippen LogP) is 2.49. The number of aliphatic carboxylic acids is 1. The highest BCUT2D eigenvalue weighted by Gasteiger charge is 2.09. The van der Waals surface area contributed by atoms with E-state index in [2.05, 4.69) is 4.98 Å². The van der Waals surface area contributed by atoms with Crippen molar-refractivity contribution in [3.8, 4) is 0 Å². The van der Waals surface area contributed by atoms with Gasteiger partial charge in [-0.1, -0.05) is 0 Å². The van der Waals surface area contributed by atoms with Crippen LogP contribution in [-0.4, -0.2) is 26.4 Å². The molecule has 0 amide bonds. The molecular formula is C14H16N2O3. The molecule has 100 valence electrons. The molecule has 0 fully saturated rings. The van der Waals surface area contributed by atoms with Crippen molar-refractivity contribution in [3.63, 3.8) is 0 Å². The second-order valence-electron chi connectivity index (χ2n) is 4.40. The number of aryl methyl sites for hydroxylation is 1. The molecule has 5 heteroatoms. The van der Waals surface area contributed by atoms with Crippen LogP contribution in [0.15, 0.2) is 24.5 Å². The second kappa shape index (κ2) is 5.65. The molecule has 1 aromatic heterocycles. The molecule has 0 unspecified atom stereocenters. The lowest BCUT2D eigenvalue weighted by Gasteiger charge is -2.02. The van der Waals surface area contributed by atoms with Gasteiger partial charge in [0.2, 0.25) is 0 Å². The average molecular weight is 260 g/mol. The van der Waals surface area contributed by atoms with Crippen molar-refractivity contribution >= 4 is 22.8 Å². The number of carboxylic acids is 1. The van der Waals surface area contributed by atoms with Crippen LogP contribution in [0.25, 0.3) is 11.0 Å². The molecular weight excluding hydrogens is 244 g/mol. The normalized spacial score (nSPS) is 10.8. The summed E-state index contributed by atoms with van der Waals surface area (Å²) in [5.74, 6) is -0.904. The number of imidazole rings is 1. The first-order valence-corrected chi connectivity index (χ1v) is 6.31. The van der Waals surface area contributed by atoms with E-state index in [-0.39, 0.29) is 18.6 Å². The van der Waals surface area contributed by atoms with Crippen molar-refractivity contribution in [2.45, 2.75) is 32.7 Å². The van der Waals surface area contributed by atoms with Crippen molar-refractivity contribution in [3.05, 3.63) is 30.1 Å². The van der Waals surface area contributed by atoms with E-state index in [1.807, 2.05) is 17.6 Å². The number of rotatable bonds is 6. The first-order chi connectivity index (χ1) is 9.11. The first kappa shape index (κ1) is 13.3. The maximum absolute atomic E-state index is 11.9. The maximum atomic E-state index is 11.9. The van der Waals surface area contributed by atoms with Crippen LogP contribution in [0.3, 0.4) is 0 Å². The largest absolute Gasteiger partial charge is 0.481 e. The third-order valence-electron chi connectivity index (χ3n) is 3.08. The summed E-state index contributed by atoms with van der Waals surface area (Å²) in [4.78, 5) is 26.6. The first-order valence-electron chi connectivity index (χ1n) is 6.31. The number of nitrogens with zero attached hydrogens (tertiary/aromatic N) is 2. The molecule has 0 spiro atoms. The number of fused-ring (bicyclic) bond motifs is 1. The fourth-order valence-electron chi connectivity index (χ4n) is 2.03. The summed E-state index contributed by atoms with van der Waals surface area (Å²) in [6.07, 6.45) is 2.41. The average Bonchev–Trinajstić information content (AvgIpc) is 2.80. The molecule has 0 aliphatic heterocycles. The zero-order chi connectivity index (χ0) is 13.8. The quantitative estimate of drug-likeness (QED) is 0.810. The van der Waals surface area contributed by atoms with Crippen LogP contribution in [0.1, 0.15) is 36.5 Å². The van der Waals surface area contributed by atoms with Crippen LogP contribution in [0.5, 0.6) is 0 Å². The molecule has 2 rings (SSSR count). The predicted molar refractivity (Wildman–Crippen MR) is 71.2 cm³/mol. The Kier molecular flexibility index (Phi) is 3.94. The molecule has 0 radical (unpaired) electrons. The monoisotopic (exact) mass is 260 g/mol. The molecule has 1 aromatic carbocycles. The number of carbonyl (C=O) groups is 2. The van der Waals surface area contributed by atoms with Gasteiger partial charge < -0.3 is 9.67 Å². The van der Waals surface area contributed by atoms with E-state index >= 15 is 0 Å². The minimum atomic E-state index is -0.870. The Hall–Kier alpha value is -2.17. The van der Waals surface area contributed by atoms with E-state index in [0.29, 0.717) is 12.0 Å². The van der Waals surface area contributed by atoms with Crippen LogP contribution in [-0.2, 0) is 11.3 Å². The van der Waals surface area contributed by atoms with Gasteiger partial charge in [0.25, 0.3) is 0 Å². The van der Waals surface area contributed by atoms with Gasteiger partial charge >= 0.3 is 5.97 Å². The summed E-state index contributed by atoms with van der Waals surface area (Å²) in [7, 11) is 0. The Morgan fingerprint density at radius 2 is 2.11 bits per heavy atom. The van der Waals surface area contributed by atoms with Crippen LogP contribution < -0.4 is 0 Å². The Labute approximate surface area is 110 Å². The van der Waals surface area contributed by atoms with Crippen molar-refractivity contribution in [2.24, 2.45) is 0 Å². The molecule has 2 aromatic rings. The number of benzene rings is 1. The van der Waals surface area contributed by atoms with E-state index < -0.39 is 5.97 Å². The van der Waals surface area contributed by atoms with Gasteiger partial charge in [-0.2, -0.15) is 0 Å². The lowest BCUT2D eigenvalue weighted by atomic mass is 10.0. The molecule has 0 saturated heterocycles. The minimum absolute atomic E-state index is 0.0262. The molecule has 19 heavy (non-hydrogen) atoms. The SMILES string of the molecule is CCn1cnc2cc(C(=O)CCCC(=O)O)ccc21. The van der Waals surface area contributed by atoms with Gasteiger partial charge in [-0.05, 0) is 31.5 Å². The summed E-state index contributed by atoms with van der Waals surface area (Å²) in [6, 6.07) is 5.43. The number of aromatic nitrogens is 2. The highest BCUT2D eigenvalue weighted by molar-refractivity contribution is 5.99. The number of carbonyl (C=O) groups excluding carboxylic acids is 1. The summed E-state index contributed by atoms with van der Waals surface area (Å²) in [5.41, 5.74) is 2.40. The summed E-state index contributed by atoms with van der Waals surface area (Å²) >= 11 is 0. The fraction of sp³-hybridized carbons (Fsp3) is 0.357. The standard InChI is InChI=1S/C14H16N2O3/c1-2-16-9-15-11-8-10(6-7-12(11)16)13(17)4-3-5-14(18)19/h6-9H,2-5H2,1H3,(H,18,19). The summed E-state index contributed by atoms with van der Waals surface area (Å²) < 4.78 is 2.01. The zero-order valence-electron chi connectivity index (χ0n) is 10.8. The second-order valence-corrected chi connectivity index (χ2v) is 4.40. The van der Waals surface area contributed by atoms with Gasteiger partial charge in [-0.15, -0.1) is 0 Å². The number of carboxylic acid groups (broad SMARTS) is 1. The molecule has 0 aliphatic rings. The van der Waals surface area contributed by atoms with E-state index in [9.17, 15) is 9.59 Å². The van der Waals surface area contributed by atoms with Gasteiger partial charge in [0.1, 0.15) is 0 Å². The van der Waals surface area contributed by atoms with Crippen LogP contribution in [0.4, 0.5) is 0 Å². The third-order valence-corrected chi connectivity index (χ3v) is 3.08. The molecule has 0 saturated carbocycles. The molecule has 1 N–H and O–H groups in total. The highest BCUT2D eigenvalue weighted by Crippen LogP contribution is 2.16. The summed E-state index contributed by atoms with van der Waals surface area (Å²) in [5, 5.41) is 8.54. The van der Waals surface area contributed by atoms with Crippen molar-refractivity contribution in [2.75, 3.05) is 0 Å². The highest BCUT2D eigenvalue weighted by atomic mass is 16.4. The van der Waals surface area contributed by atoms with Crippen LogP contribution in [0.2, 0.25) is 0 Å². The fourth-order valence-corrected chi connectivity index (χ4v) is 2.03. The Morgan fingerprint density at radius 1 is 1.32 bits per heavy atom. The van der Waals surface area contributed by atoms with Gasteiger partial charge in [-0.25, -0.2) is 4.98 Å². The van der Waals surface area contributed by atoms with Crippen LogP contribution >= 0.6 is 0 Å². The Balaban J connectivity index is 2.12. The van der Waals surface area contributed by atoms with E-state index in [1.165, 1.54) is 0 Å². The van der Waals surface area contributed by atoms with E-state index in [0.717, 1.165) is 17.6 Å². The minimum Gasteiger partial charge on any atom is -0.481 e. The molecule has 0 aliphatic carbocycles. The number of hydrogen-bond donors (Lipinski definition) is 1. The summed E-state index contributed by atoms with van der Waals surface area (Å²) in [6.45, 7) is 2.87. The lowest BCUT2D eigenvalue weighted by Crippen LogP contribution is -2.02. The zero-order valence-corrected chi connectivity index (χ0v) is 10.8. The van der Waals surface area contributed by atoms with Crippen LogP contribution in [0, 0.1) is 0 Å². The van der Waals surface area contributed by atoms with Gasteiger partial charge in [0, 0.05) is 24.9 Å². The number of hydrogen-bond acceptors (Lipinski definition) is 3. The van der Waals surface area contributed by atoms with Gasteiger partial charge in [0.05, 0.1) is 17.4 Å². The lowest BCUT2D eigenvalue weighted by molar-refractivity contribution is -0.137. The molecule has 0 atom stereocenters. The van der Waals surface area contributed by atoms with Gasteiger partial charge in [-0.3, -0.25) is 9.59 Å². The topological polar surface area (TPSA) is 72.2 Å². The number of ketones is 1. The molecule has 0 bridgehead atoms. The van der Waals surface area contributed by atoms with E-state index in [1.54, 1.807) is 18.5 Å². The third kappa shape index (κ3) is 2.99. The van der Waals surface area contributed by atoms with E-state index in [4.69, 9.17) is 5.11 Å². The maximum Gasteiger partial charge on any atom is 0.303 e. The Bertz CT molecular complexity index is 616. The van der Waals surface area contributed by atoms with Gasteiger partial charge in [0.15, 0.2) is 5.78 Å². The molecule has 1 heterocycles. The van der Waals surface area contributed by atoms with Crippen molar-refractivity contribution in [1.82, 2.24) is 9.55 Å². The van der Waals surface area contributed by atoms with Crippen molar-refractivity contribution in [1.29, 1.82) is 0 Å². The molecule has 5 nitrogen and oxygen atoms in total. The smallest absolute Gasteiger partial charge is 0.303 e. The number of Topliss-reactive ketones (excluding diaryl/α,β-unsaturated/α-hetero) is 1. The van der Waals surface area contributed by atoms with Crippen molar-refractivity contribution < 1.29 is 14.7 Å².